The number of carbonyl (C=O) groups is 1. The molecule has 0 aliphatic rings. The Labute approximate surface area is 185 Å². The Bertz CT molecular complexity index is 1330. The summed E-state index contributed by atoms with van der Waals surface area (Å²) in [5.74, 6) is 0.128. The lowest BCUT2D eigenvalue weighted by atomic mass is 10.0. The smallest absolute Gasteiger partial charge is 0.251 e. The van der Waals surface area contributed by atoms with Gasteiger partial charge in [-0.05, 0) is 55.8 Å². The number of nitrogens with zero attached hydrogens (tertiary/aromatic N) is 4. The molecule has 8 heteroatoms. The van der Waals surface area contributed by atoms with Crippen LogP contribution in [0.1, 0.15) is 29.8 Å². The second-order valence-corrected chi connectivity index (χ2v) is 8.01. The van der Waals surface area contributed by atoms with Gasteiger partial charge in [-0.15, -0.1) is 5.10 Å². The van der Waals surface area contributed by atoms with Crippen molar-refractivity contribution in [2.24, 2.45) is 0 Å². The van der Waals surface area contributed by atoms with Crippen molar-refractivity contribution < 1.29 is 9.90 Å². The van der Waals surface area contributed by atoms with Crippen LogP contribution < -0.4 is 10.6 Å². The molecule has 0 aliphatic heterocycles. The number of anilines is 2. The number of hydrogen-bond acceptors (Lipinski definition) is 6. The lowest BCUT2D eigenvalue weighted by Crippen LogP contribution is -2.38. The van der Waals surface area contributed by atoms with Crippen molar-refractivity contribution in [2.45, 2.75) is 19.4 Å². The molecular formula is C24H22N6O2. The minimum absolute atomic E-state index is 0.158. The minimum atomic E-state index is -0.981. The summed E-state index contributed by atoms with van der Waals surface area (Å²) in [5.41, 5.74) is 3.02. The van der Waals surface area contributed by atoms with E-state index in [1.54, 1.807) is 48.7 Å². The molecular weight excluding hydrogens is 404 g/mol. The Kier molecular flexibility index (Phi) is 5.58. The number of carbonyl (C=O) groups excluding carboxylic acids is 1. The molecule has 0 bridgehead atoms. The van der Waals surface area contributed by atoms with E-state index in [4.69, 9.17) is 0 Å². The maximum absolute atomic E-state index is 12.4. The molecule has 0 saturated carbocycles. The zero-order valence-electron chi connectivity index (χ0n) is 17.7. The number of aliphatic hydroxyl groups is 1. The van der Waals surface area contributed by atoms with Crippen LogP contribution in [0, 0.1) is 11.3 Å². The highest BCUT2D eigenvalue weighted by atomic mass is 16.3. The molecule has 0 atom stereocenters. The molecule has 0 spiro atoms. The normalized spacial score (nSPS) is 11.2. The van der Waals surface area contributed by atoms with Crippen molar-refractivity contribution in [2.75, 3.05) is 11.9 Å². The van der Waals surface area contributed by atoms with Crippen molar-refractivity contribution in [1.29, 1.82) is 5.26 Å². The van der Waals surface area contributed by atoms with Crippen LogP contribution in [0.15, 0.2) is 66.9 Å². The molecule has 0 aliphatic carbocycles. The fraction of sp³-hybridized carbons (Fsp3) is 0.167. The van der Waals surface area contributed by atoms with Gasteiger partial charge in [-0.1, -0.05) is 24.3 Å². The lowest BCUT2D eigenvalue weighted by molar-refractivity contribution is 0.0694. The second-order valence-electron chi connectivity index (χ2n) is 8.01. The van der Waals surface area contributed by atoms with Crippen LogP contribution in [-0.2, 0) is 0 Å². The van der Waals surface area contributed by atoms with Crippen LogP contribution >= 0.6 is 0 Å². The number of fused-ring (bicyclic) bond motifs is 1. The fourth-order valence-electron chi connectivity index (χ4n) is 3.16. The Hall–Kier alpha value is -4.22. The number of benzene rings is 2. The number of nitriles is 1. The summed E-state index contributed by atoms with van der Waals surface area (Å²) >= 11 is 0. The largest absolute Gasteiger partial charge is 0.389 e. The molecule has 2 aromatic heterocycles. The van der Waals surface area contributed by atoms with Gasteiger partial charge in [0.1, 0.15) is 6.07 Å². The first-order chi connectivity index (χ1) is 15.3. The van der Waals surface area contributed by atoms with Gasteiger partial charge in [0.05, 0.1) is 16.9 Å². The van der Waals surface area contributed by atoms with Crippen LogP contribution in [0.5, 0.6) is 0 Å². The molecule has 3 N–H and O–H groups in total. The SMILES string of the molecule is CC(C)(O)CNC(=O)c1cccc(-c2ccc3nc(Nc4ccccc4C#N)nn3c2)c1. The zero-order chi connectivity index (χ0) is 22.7. The van der Waals surface area contributed by atoms with Gasteiger partial charge in [0.15, 0.2) is 5.65 Å². The molecule has 4 aromatic rings. The average Bonchev–Trinajstić information content (AvgIpc) is 3.19. The molecule has 4 rings (SSSR count). The number of nitrogens with one attached hydrogen (secondary N) is 2. The molecule has 2 aromatic carbocycles. The standard InChI is InChI=1S/C24H22N6O2/c1-24(2,32)15-26-22(31)17-8-5-7-16(12-17)19-10-11-21-28-23(29-30(21)14-19)27-20-9-4-3-6-18(20)13-25/h3-12,14,32H,15H2,1-2H3,(H,26,31)(H,27,29). The quantitative estimate of drug-likeness (QED) is 0.435. The van der Waals surface area contributed by atoms with Crippen LogP contribution in [0.2, 0.25) is 0 Å². The van der Waals surface area contributed by atoms with E-state index in [9.17, 15) is 15.2 Å². The average molecular weight is 426 g/mol. The van der Waals surface area contributed by atoms with Gasteiger partial charge in [-0.25, -0.2) is 4.52 Å². The Morgan fingerprint density at radius 3 is 2.72 bits per heavy atom. The third kappa shape index (κ3) is 4.74. The van der Waals surface area contributed by atoms with Gasteiger partial charge in [-0.2, -0.15) is 10.2 Å². The highest BCUT2D eigenvalue weighted by Gasteiger charge is 2.15. The summed E-state index contributed by atoms with van der Waals surface area (Å²) in [4.78, 5) is 16.9. The van der Waals surface area contributed by atoms with E-state index >= 15 is 0 Å². The van der Waals surface area contributed by atoms with Crippen molar-refractivity contribution in [3.8, 4) is 17.2 Å². The van der Waals surface area contributed by atoms with E-state index in [0.29, 0.717) is 28.4 Å². The van der Waals surface area contributed by atoms with Gasteiger partial charge in [0.25, 0.3) is 5.91 Å². The molecule has 0 unspecified atom stereocenters. The molecule has 1 amide bonds. The van der Waals surface area contributed by atoms with E-state index in [1.807, 2.05) is 36.5 Å². The van der Waals surface area contributed by atoms with Crippen molar-refractivity contribution in [3.05, 3.63) is 78.0 Å². The maximum atomic E-state index is 12.4. The Balaban J connectivity index is 1.58. The van der Waals surface area contributed by atoms with Crippen LogP contribution in [-0.4, -0.2) is 37.8 Å². The molecule has 160 valence electrons. The van der Waals surface area contributed by atoms with Gasteiger partial charge >= 0.3 is 0 Å². The molecule has 0 fully saturated rings. The predicted octanol–water partition coefficient (Wildman–Crippen LogP) is 3.51. The second kappa shape index (κ2) is 8.49. The summed E-state index contributed by atoms with van der Waals surface area (Å²) in [6, 6.07) is 20.3. The number of amides is 1. The first-order valence-electron chi connectivity index (χ1n) is 10.1. The van der Waals surface area contributed by atoms with Gasteiger partial charge in [-0.3, -0.25) is 4.79 Å². The number of aromatic nitrogens is 3. The van der Waals surface area contributed by atoms with Crippen LogP contribution in [0.4, 0.5) is 11.6 Å². The van der Waals surface area contributed by atoms with Gasteiger partial charge in [0, 0.05) is 23.9 Å². The molecule has 0 saturated heterocycles. The highest BCUT2D eigenvalue weighted by Crippen LogP contribution is 2.23. The topological polar surface area (TPSA) is 115 Å². The van der Waals surface area contributed by atoms with Gasteiger partial charge < -0.3 is 15.7 Å². The maximum Gasteiger partial charge on any atom is 0.251 e. The third-order valence-electron chi connectivity index (χ3n) is 4.76. The van der Waals surface area contributed by atoms with Crippen LogP contribution in [0.3, 0.4) is 0 Å². The summed E-state index contributed by atoms with van der Waals surface area (Å²) in [6.07, 6.45) is 1.83. The molecule has 0 radical (unpaired) electrons. The number of hydrogen-bond donors (Lipinski definition) is 3. The first kappa shape index (κ1) is 21.0. The van der Waals surface area contributed by atoms with Crippen molar-refractivity contribution >= 4 is 23.2 Å². The summed E-state index contributed by atoms with van der Waals surface area (Å²) in [5, 5.41) is 29.4. The molecule has 2 heterocycles. The van der Waals surface area contributed by atoms with E-state index in [-0.39, 0.29) is 12.5 Å². The first-order valence-corrected chi connectivity index (χ1v) is 10.1. The number of rotatable bonds is 6. The fourth-order valence-corrected chi connectivity index (χ4v) is 3.16. The van der Waals surface area contributed by atoms with E-state index in [2.05, 4.69) is 26.8 Å². The summed E-state index contributed by atoms with van der Waals surface area (Å²) in [7, 11) is 0. The molecule has 32 heavy (non-hydrogen) atoms. The van der Waals surface area contributed by atoms with Crippen molar-refractivity contribution in [1.82, 2.24) is 19.9 Å². The van der Waals surface area contributed by atoms with E-state index < -0.39 is 5.60 Å². The Morgan fingerprint density at radius 1 is 1.12 bits per heavy atom. The van der Waals surface area contributed by atoms with Crippen LogP contribution in [0.25, 0.3) is 16.8 Å². The Morgan fingerprint density at radius 2 is 1.94 bits per heavy atom. The third-order valence-corrected chi connectivity index (χ3v) is 4.76. The number of para-hydroxylation sites is 1. The summed E-state index contributed by atoms with van der Waals surface area (Å²) < 4.78 is 1.65. The minimum Gasteiger partial charge on any atom is -0.389 e. The number of pyridine rings is 1. The predicted molar refractivity (Wildman–Crippen MR) is 121 cm³/mol. The monoisotopic (exact) mass is 426 g/mol. The van der Waals surface area contributed by atoms with Gasteiger partial charge in [0.2, 0.25) is 5.95 Å². The van der Waals surface area contributed by atoms with E-state index in [1.165, 1.54) is 0 Å². The molecule has 8 nitrogen and oxygen atoms in total. The highest BCUT2D eigenvalue weighted by molar-refractivity contribution is 5.95. The lowest BCUT2D eigenvalue weighted by Gasteiger charge is -2.17. The van der Waals surface area contributed by atoms with E-state index in [0.717, 1.165) is 11.1 Å². The summed E-state index contributed by atoms with van der Waals surface area (Å²) in [6.45, 7) is 3.43. The zero-order valence-corrected chi connectivity index (χ0v) is 17.7. The van der Waals surface area contributed by atoms with Crippen molar-refractivity contribution in [3.63, 3.8) is 0 Å².